The van der Waals surface area contributed by atoms with Crippen LogP contribution in [0.2, 0.25) is 15.1 Å². The zero-order valence-electron chi connectivity index (χ0n) is 15.4. The molecule has 28 heavy (non-hydrogen) atoms. The van der Waals surface area contributed by atoms with Gasteiger partial charge in [-0.3, -0.25) is 9.78 Å². The minimum absolute atomic E-state index is 0.216. The maximum Gasteiger partial charge on any atom is 0.258 e. The third-order valence-electron chi connectivity index (χ3n) is 4.27. The Hall–Kier alpha value is -2.05. The van der Waals surface area contributed by atoms with Crippen LogP contribution in [0.3, 0.4) is 0 Å². The zero-order valence-corrected chi connectivity index (χ0v) is 17.6. The van der Waals surface area contributed by atoms with Crippen molar-refractivity contribution in [1.82, 2.24) is 10.3 Å². The van der Waals surface area contributed by atoms with Gasteiger partial charge in [0.25, 0.3) is 5.91 Å². The number of aromatic nitrogens is 1. The van der Waals surface area contributed by atoms with Gasteiger partial charge in [-0.1, -0.05) is 40.9 Å². The maximum atomic E-state index is 12.8. The van der Waals surface area contributed by atoms with Crippen molar-refractivity contribution in [2.45, 2.75) is 6.92 Å². The Morgan fingerprint density at radius 1 is 1.04 bits per heavy atom. The first-order valence-electron chi connectivity index (χ1n) is 8.65. The summed E-state index contributed by atoms with van der Waals surface area (Å²) < 4.78 is 0. The number of amides is 1. The molecule has 0 atom stereocenters. The van der Waals surface area contributed by atoms with E-state index in [2.05, 4.69) is 20.9 Å². The van der Waals surface area contributed by atoms with Crippen molar-refractivity contribution in [3.8, 4) is 0 Å². The second-order valence-electron chi connectivity index (χ2n) is 6.22. The number of likely N-dealkylation sites (N-methyl/N-ethyl adjacent to an activating group) is 1. The smallest absolute Gasteiger partial charge is 0.258 e. The molecule has 0 aliphatic rings. The monoisotopic (exact) mass is 436 g/mol. The van der Waals surface area contributed by atoms with Crippen molar-refractivity contribution in [3.05, 3.63) is 62.7 Å². The number of nitrogens with one attached hydrogen (secondary N) is 3. The number of carbonyl (C=O) groups excluding carboxylic acids is 1. The number of halogens is 3. The number of carbonyl (C=O) groups is 1. The molecule has 0 aliphatic heterocycles. The van der Waals surface area contributed by atoms with Crippen molar-refractivity contribution in [2.75, 3.05) is 30.8 Å². The lowest BCUT2D eigenvalue weighted by Gasteiger charge is -2.16. The molecule has 3 N–H and O–H groups in total. The first kappa shape index (κ1) is 20.7. The highest BCUT2D eigenvalue weighted by Gasteiger charge is 2.18. The Kier molecular flexibility index (Phi) is 6.62. The lowest BCUT2D eigenvalue weighted by molar-refractivity contribution is 0.102. The molecule has 1 aromatic heterocycles. The summed E-state index contributed by atoms with van der Waals surface area (Å²) in [7, 11) is 1.89. The van der Waals surface area contributed by atoms with Gasteiger partial charge in [0.05, 0.1) is 31.8 Å². The topological polar surface area (TPSA) is 66.1 Å². The van der Waals surface area contributed by atoms with Gasteiger partial charge in [-0.2, -0.15) is 0 Å². The number of pyridine rings is 1. The number of hydrogen-bond acceptors (Lipinski definition) is 4. The van der Waals surface area contributed by atoms with Gasteiger partial charge in [0.15, 0.2) is 0 Å². The maximum absolute atomic E-state index is 12.8. The molecule has 0 spiro atoms. The fraction of sp³-hybridized carbons (Fsp3) is 0.200. The average Bonchev–Trinajstić information content (AvgIpc) is 2.65. The molecule has 0 unspecified atom stereocenters. The molecule has 0 saturated carbocycles. The highest BCUT2D eigenvalue weighted by atomic mass is 35.5. The summed E-state index contributed by atoms with van der Waals surface area (Å²) in [5.41, 5.74) is 3.17. The number of anilines is 2. The van der Waals surface area contributed by atoms with Gasteiger partial charge in [-0.05, 0) is 43.8 Å². The Morgan fingerprint density at radius 2 is 1.75 bits per heavy atom. The van der Waals surface area contributed by atoms with E-state index in [9.17, 15) is 4.79 Å². The first-order valence-corrected chi connectivity index (χ1v) is 9.79. The van der Waals surface area contributed by atoms with E-state index in [0.29, 0.717) is 16.2 Å². The largest absolute Gasteiger partial charge is 0.383 e. The molecule has 0 saturated heterocycles. The lowest BCUT2D eigenvalue weighted by Crippen LogP contribution is -2.18. The molecule has 1 heterocycles. The number of fused-ring (bicyclic) bond motifs is 1. The quantitative estimate of drug-likeness (QED) is 0.453. The Balaban J connectivity index is 2.04. The summed E-state index contributed by atoms with van der Waals surface area (Å²) in [6, 6.07) is 8.37. The van der Waals surface area contributed by atoms with E-state index < -0.39 is 5.91 Å². The third kappa shape index (κ3) is 4.18. The van der Waals surface area contributed by atoms with Crippen LogP contribution in [0.5, 0.6) is 0 Å². The number of nitrogens with zero attached hydrogens (tertiary/aromatic N) is 1. The highest BCUT2D eigenvalue weighted by molar-refractivity contribution is 6.41. The Labute approximate surface area is 178 Å². The van der Waals surface area contributed by atoms with E-state index >= 15 is 0 Å². The van der Waals surface area contributed by atoms with Crippen LogP contribution in [0.1, 0.15) is 15.9 Å². The molecule has 0 radical (unpaired) electrons. The van der Waals surface area contributed by atoms with Gasteiger partial charge in [0, 0.05) is 30.4 Å². The van der Waals surface area contributed by atoms with Crippen molar-refractivity contribution in [3.63, 3.8) is 0 Å². The molecule has 2 aromatic carbocycles. The normalized spacial score (nSPS) is 10.9. The number of benzene rings is 2. The van der Waals surface area contributed by atoms with E-state index in [1.807, 2.05) is 14.0 Å². The fourth-order valence-electron chi connectivity index (χ4n) is 2.90. The molecule has 0 bridgehead atoms. The van der Waals surface area contributed by atoms with E-state index in [0.717, 1.165) is 29.7 Å². The summed E-state index contributed by atoms with van der Waals surface area (Å²) in [5, 5.41) is 11.2. The van der Waals surface area contributed by atoms with Gasteiger partial charge in [-0.15, -0.1) is 0 Å². The minimum Gasteiger partial charge on any atom is -0.383 e. The molecule has 146 valence electrons. The van der Waals surface area contributed by atoms with Crippen molar-refractivity contribution in [2.24, 2.45) is 0 Å². The molecule has 0 aliphatic carbocycles. The Bertz CT molecular complexity index is 1020. The van der Waals surface area contributed by atoms with Gasteiger partial charge in [0.1, 0.15) is 0 Å². The molecule has 8 heteroatoms. The van der Waals surface area contributed by atoms with E-state index in [-0.39, 0.29) is 15.6 Å². The number of rotatable bonds is 6. The molecule has 3 rings (SSSR count). The van der Waals surface area contributed by atoms with Crippen molar-refractivity contribution >= 4 is 63.0 Å². The SMILES string of the molecule is CNCCNc1c(C)cnc2c(NC(=O)c3c(Cl)cccc3Cl)ccc(Cl)c12. The van der Waals surface area contributed by atoms with Crippen LogP contribution >= 0.6 is 34.8 Å². The predicted molar refractivity (Wildman–Crippen MR) is 118 cm³/mol. The van der Waals surface area contributed by atoms with Crippen LogP contribution < -0.4 is 16.0 Å². The zero-order chi connectivity index (χ0) is 20.3. The summed E-state index contributed by atoms with van der Waals surface area (Å²) in [6.07, 6.45) is 1.75. The van der Waals surface area contributed by atoms with E-state index in [4.69, 9.17) is 34.8 Å². The minimum atomic E-state index is -0.411. The summed E-state index contributed by atoms with van der Waals surface area (Å²) in [4.78, 5) is 17.3. The summed E-state index contributed by atoms with van der Waals surface area (Å²) in [6.45, 7) is 3.47. The van der Waals surface area contributed by atoms with Crippen LogP contribution in [-0.4, -0.2) is 31.0 Å². The fourth-order valence-corrected chi connectivity index (χ4v) is 3.72. The highest BCUT2D eigenvalue weighted by Crippen LogP contribution is 2.36. The lowest BCUT2D eigenvalue weighted by atomic mass is 10.1. The van der Waals surface area contributed by atoms with Gasteiger partial charge in [-0.25, -0.2) is 0 Å². The second-order valence-corrected chi connectivity index (χ2v) is 7.44. The summed E-state index contributed by atoms with van der Waals surface area (Å²) >= 11 is 18.8. The molecular formula is C20H19Cl3N4O. The Morgan fingerprint density at radius 3 is 2.43 bits per heavy atom. The average molecular weight is 438 g/mol. The number of aryl methyl sites for hydroxylation is 1. The van der Waals surface area contributed by atoms with Crippen molar-refractivity contribution < 1.29 is 4.79 Å². The molecule has 5 nitrogen and oxygen atoms in total. The van der Waals surface area contributed by atoms with Gasteiger partial charge in [0.2, 0.25) is 0 Å². The van der Waals surface area contributed by atoms with Crippen LogP contribution in [0.4, 0.5) is 11.4 Å². The third-order valence-corrected chi connectivity index (χ3v) is 5.22. The predicted octanol–water partition coefficient (Wildman–Crippen LogP) is 5.39. The molecule has 1 amide bonds. The number of hydrogen-bond donors (Lipinski definition) is 3. The van der Waals surface area contributed by atoms with E-state index in [1.54, 1.807) is 36.5 Å². The van der Waals surface area contributed by atoms with Crippen molar-refractivity contribution in [1.29, 1.82) is 0 Å². The first-order chi connectivity index (χ1) is 13.4. The second kappa shape index (κ2) is 8.97. The molecule has 3 aromatic rings. The molecule has 0 fully saturated rings. The van der Waals surface area contributed by atoms with Crippen LogP contribution in [0.25, 0.3) is 10.9 Å². The van der Waals surface area contributed by atoms with Gasteiger partial charge < -0.3 is 16.0 Å². The van der Waals surface area contributed by atoms with E-state index in [1.165, 1.54) is 0 Å². The van der Waals surface area contributed by atoms with Crippen LogP contribution in [0.15, 0.2) is 36.5 Å². The van der Waals surface area contributed by atoms with Crippen LogP contribution in [0, 0.1) is 6.92 Å². The van der Waals surface area contributed by atoms with Gasteiger partial charge >= 0.3 is 0 Å². The summed E-state index contributed by atoms with van der Waals surface area (Å²) in [5.74, 6) is -0.411. The standard InChI is InChI=1S/C20H19Cl3N4O/c1-11-10-26-19-15(27-20(28)16-12(21)4-3-5-13(16)22)7-6-14(23)17(19)18(11)25-9-8-24-2/h3-7,10,24H,8-9H2,1-2H3,(H,25,26)(H,27,28). The molecular weight excluding hydrogens is 419 g/mol. The van der Waals surface area contributed by atoms with Crippen LogP contribution in [-0.2, 0) is 0 Å².